The Labute approximate surface area is 113 Å². The third kappa shape index (κ3) is 3.30. The van der Waals surface area contributed by atoms with Crippen LogP contribution in [0.4, 0.5) is 0 Å². The number of benzene rings is 1. The molecule has 2 nitrogen and oxygen atoms in total. The maximum absolute atomic E-state index is 6.05. The number of alkyl halides is 1. The van der Waals surface area contributed by atoms with Crippen molar-refractivity contribution >= 4 is 11.6 Å². The largest absolute Gasteiger partial charge is 0.496 e. The summed E-state index contributed by atoms with van der Waals surface area (Å²) in [7, 11) is 1.70. The molecule has 0 bridgehead atoms. The van der Waals surface area contributed by atoms with Crippen molar-refractivity contribution in [2.75, 3.05) is 13.0 Å². The van der Waals surface area contributed by atoms with Gasteiger partial charge in [-0.25, -0.2) is 0 Å². The molecule has 0 spiro atoms. The van der Waals surface area contributed by atoms with E-state index in [2.05, 4.69) is 6.07 Å². The zero-order valence-corrected chi connectivity index (χ0v) is 11.2. The monoisotopic (exact) mass is 264 g/mol. The molecule has 18 heavy (non-hydrogen) atoms. The van der Waals surface area contributed by atoms with Gasteiger partial charge in [-0.3, -0.25) is 0 Å². The third-order valence-corrected chi connectivity index (χ3v) is 3.43. The van der Waals surface area contributed by atoms with Gasteiger partial charge in [0.2, 0.25) is 0 Å². The molecule has 1 atom stereocenters. The topological polar surface area (TPSA) is 22.4 Å². The minimum atomic E-state index is 0.356. The van der Waals surface area contributed by atoms with Crippen molar-refractivity contribution in [2.45, 2.75) is 12.8 Å². The summed E-state index contributed by atoms with van der Waals surface area (Å²) in [5, 5.41) is 0. The highest BCUT2D eigenvalue weighted by Gasteiger charge is 2.13. The third-order valence-electron chi connectivity index (χ3n) is 2.99. The molecule has 0 fully saturated rings. The summed E-state index contributed by atoms with van der Waals surface area (Å²) in [6, 6.07) is 12.0. The number of rotatable bonds is 6. The van der Waals surface area contributed by atoms with Crippen LogP contribution in [0.1, 0.15) is 11.3 Å². The van der Waals surface area contributed by atoms with Gasteiger partial charge in [-0.2, -0.15) is 0 Å². The van der Waals surface area contributed by atoms with Crippen LogP contribution in [-0.2, 0) is 12.8 Å². The fourth-order valence-electron chi connectivity index (χ4n) is 2.08. The first-order chi connectivity index (χ1) is 8.83. The minimum Gasteiger partial charge on any atom is -0.496 e. The van der Waals surface area contributed by atoms with Gasteiger partial charge in [0.25, 0.3) is 0 Å². The molecule has 96 valence electrons. The van der Waals surface area contributed by atoms with E-state index in [4.69, 9.17) is 20.8 Å². The fraction of sp³-hybridized carbons (Fsp3) is 0.333. The summed E-state index contributed by atoms with van der Waals surface area (Å²) in [5.74, 6) is 2.87. The standard InChI is InChI=1S/C15H17ClO2/c1-17-15-7-3-2-5-13(15)9-12(11-16)10-14-6-4-8-18-14/h2-8,12H,9-11H2,1H3. The second-order valence-corrected chi connectivity index (χ2v) is 4.63. The molecule has 0 saturated heterocycles. The second-order valence-electron chi connectivity index (χ2n) is 4.32. The van der Waals surface area contributed by atoms with Gasteiger partial charge >= 0.3 is 0 Å². The first-order valence-electron chi connectivity index (χ1n) is 6.03. The highest BCUT2D eigenvalue weighted by molar-refractivity contribution is 6.18. The van der Waals surface area contributed by atoms with Crippen molar-refractivity contribution in [3.05, 3.63) is 54.0 Å². The lowest BCUT2D eigenvalue weighted by atomic mass is 9.96. The van der Waals surface area contributed by atoms with E-state index in [1.165, 1.54) is 5.56 Å². The van der Waals surface area contributed by atoms with E-state index in [0.717, 1.165) is 24.4 Å². The lowest BCUT2D eigenvalue weighted by molar-refractivity contribution is 0.402. The van der Waals surface area contributed by atoms with Crippen LogP contribution in [0.5, 0.6) is 5.75 Å². The average molecular weight is 265 g/mol. The molecule has 1 aromatic heterocycles. The van der Waals surface area contributed by atoms with E-state index in [0.29, 0.717) is 11.8 Å². The van der Waals surface area contributed by atoms with Crippen LogP contribution < -0.4 is 4.74 Å². The Hall–Kier alpha value is -1.41. The zero-order valence-electron chi connectivity index (χ0n) is 10.4. The number of hydrogen-bond donors (Lipinski definition) is 0. The van der Waals surface area contributed by atoms with Crippen molar-refractivity contribution in [3.8, 4) is 5.75 Å². The van der Waals surface area contributed by atoms with Crippen molar-refractivity contribution in [1.82, 2.24) is 0 Å². The molecular weight excluding hydrogens is 248 g/mol. The maximum atomic E-state index is 6.05. The lowest BCUT2D eigenvalue weighted by Gasteiger charge is -2.14. The molecule has 0 amide bonds. The van der Waals surface area contributed by atoms with Gasteiger partial charge in [0, 0.05) is 12.3 Å². The van der Waals surface area contributed by atoms with Crippen LogP contribution in [0, 0.1) is 5.92 Å². The Morgan fingerprint density at radius 3 is 2.67 bits per heavy atom. The molecule has 0 N–H and O–H groups in total. The molecule has 1 unspecified atom stereocenters. The first kappa shape index (κ1) is 13.0. The van der Waals surface area contributed by atoms with Crippen LogP contribution in [0.15, 0.2) is 47.1 Å². The Morgan fingerprint density at radius 2 is 2.00 bits per heavy atom. The maximum Gasteiger partial charge on any atom is 0.122 e. The van der Waals surface area contributed by atoms with Crippen molar-refractivity contribution < 1.29 is 9.15 Å². The van der Waals surface area contributed by atoms with Crippen molar-refractivity contribution in [3.63, 3.8) is 0 Å². The van der Waals surface area contributed by atoms with Crippen LogP contribution in [0.25, 0.3) is 0 Å². The van der Waals surface area contributed by atoms with Gasteiger partial charge in [0.05, 0.1) is 13.4 Å². The van der Waals surface area contributed by atoms with E-state index in [9.17, 15) is 0 Å². The molecule has 1 aromatic carbocycles. The summed E-state index contributed by atoms with van der Waals surface area (Å²) < 4.78 is 10.7. The minimum absolute atomic E-state index is 0.356. The van der Waals surface area contributed by atoms with Gasteiger partial charge in [-0.15, -0.1) is 11.6 Å². The average Bonchev–Trinajstić information content (AvgIpc) is 2.91. The Morgan fingerprint density at radius 1 is 1.17 bits per heavy atom. The summed E-state index contributed by atoms with van der Waals surface area (Å²) >= 11 is 6.05. The summed E-state index contributed by atoms with van der Waals surface area (Å²) in [4.78, 5) is 0. The highest BCUT2D eigenvalue weighted by Crippen LogP contribution is 2.23. The van der Waals surface area contributed by atoms with Gasteiger partial charge in [-0.1, -0.05) is 18.2 Å². The number of hydrogen-bond acceptors (Lipinski definition) is 2. The Kier molecular flexibility index (Phi) is 4.71. The van der Waals surface area contributed by atoms with Gasteiger partial charge in [0.1, 0.15) is 11.5 Å². The highest BCUT2D eigenvalue weighted by atomic mass is 35.5. The van der Waals surface area contributed by atoms with Crippen molar-refractivity contribution in [2.24, 2.45) is 5.92 Å². The number of furan rings is 1. The number of halogens is 1. The summed E-state index contributed by atoms with van der Waals surface area (Å²) in [5.41, 5.74) is 1.19. The molecule has 0 aliphatic carbocycles. The van der Waals surface area contributed by atoms with Crippen LogP contribution in [0.2, 0.25) is 0 Å². The normalized spacial score (nSPS) is 12.3. The summed E-state index contributed by atoms with van der Waals surface area (Å²) in [6.07, 6.45) is 3.45. The molecule has 2 rings (SSSR count). The van der Waals surface area contributed by atoms with Crippen LogP contribution in [0.3, 0.4) is 0 Å². The molecule has 3 heteroatoms. The Bertz CT molecular complexity index is 465. The summed E-state index contributed by atoms with van der Waals surface area (Å²) in [6.45, 7) is 0. The number of ether oxygens (including phenoxy) is 1. The predicted octanol–water partition coefficient (Wildman–Crippen LogP) is 3.93. The quantitative estimate of drug-likeness (QED) is 0.738. The molecule has 0 saturated carbocycles. The van der Waals surface area contributed by atoms with Gasteiger partial charge < -0.3 is 9.15 Å². The molecular formula is C15H17ClO2. The Balaban J connectivity index is 2.05. The van der Waals surface area contributed by atoms with E-state index in [1.54, 1.807) is 13.4 Å². The molecule has 0 aliphatic rings. The molecule has 1 heterocycles. The first-order valence-corrected chi connectivity index (χ1v) is 6.57. The van der Waals surface area contributed by atoms with E-state index < -0.39 is 0 Å². The van der Waals surface area contributed by atoms with Gasteiger partial charge in [-0.05, 0) is 36.1 Å². The number of para-hydroxylation sites is 1. The molecule has 2 aromatic rings. The predicted molar refractivity (Wildman–Crippen MR) is 73.3 cm³/mol. The molecule has 0 aliphatic heterocycles. The van der Waals surface area contributed by atoms with Crippen LogP contribution in [-0.4, -0.2) is 13.0 Å². The SMILES string of the molecule is COc1ccccc1CC(CCl)Cc1ccco1. The zero-order chi connectivity index (χ0) is 12.8. The smallest absolute Gasteiger partial charge is 0.122 e. The van der Waals surface area contributed by atoms with E-state index in [-0.39, 0.29) is 0 Å². The fourth-order valence-corrected chi connectivity index (χ4v) is 2.30. The van der Waals surface area contributed by atoms with E-state index >= 15 is 0 Å². The van der Waals surface area contributed by atoms with Crippen LogP contribution >= 0.6 is 11.6 Å². The van der Waals surface area contributed by atoms with Crippen molar-refractivity contribution in [1.29, 1.82) is 0 Å². The number of methoxy groups -OCH3 is 1. The second kappa shape index (κ2) is 6.50. The van der Waals surface area contributed by atoms with Gasteiger partial charge in [0.15, 0.2) is 0 Å². The lowest BCUT2D eigenvalue weighted by Crippen LogP contribution is -2.10. The van der Waals surface area contributed by atoms with E-state index in [1.807, 2.05) is 30.3 Å². The molecule has 0 radical (unpaired) electrons.